The molecule has 1 saturated heterocycles. The molecule has 3 N–H and O–H groups in total. The van der Waals surface area contributed by atoms with E-state index in [1.54, 1.807) is 9.47 Å². The van der Waals surface area contributed by atoms with E-state index < -0.39 is 17.6 Å². The maximum atomic E-state index is 13.2. The van der Waals surface area contributed by atoms with Crippen LogP contribution in [-0.4, -0.2) is 47.2 Å². The first-order chi connectivity index (χ1) is 15.2. The minimum absolute atomic E-state index is 0.00447. The number of hydrogen-bond donors (Lipinski definition) is 2. The van der Waals surface area contributed by atoms with Gasteiger partial charge in [0.05, 0.1) is 23.4 Å². The maximum Gasteiger partial charge on any atom is 0.416 e. The molecule has 1 aromatic heterocycles. The second-order valence-corrected chi connectivity index (χ2v) is 8.20. The van der Waals surface area contributed by atoms with Crippen molar-refractivity contribution in [2.45, 2.75) is 38.1 Å². The number of hydrogen-bond acceptors (Lipinski definition) is 3. The highest BCUT2D eigenvalue weighted by molar-refractivity contribution is 6.33. The van der Waals surface area contributed by atoms with Gasteiger partial charge in [0.25, 0.3) is 5.91 Å². The number of amides is 3. The third-order valence-electron chi connectivity index (χ3n) is 5.80. The summed E-state index contributed by atoms with van der Waals surface area (Å²) in [4.78, 5) is 26.7. The highest BCUT2D eigenvalue weighted by Gasteiger charge is 2.34. The topological polar surface area (TPSA) is 89.6 Å². The van der Waals surface area contributed by atoms with Crippen LogP contribution in [0.1, 0.15) is 34.5 Å². The zero-order chi connectivity index (χ0) is 23.0. The van der Waals surface area contributed by atoms with E-state index in [-0.39, 0.29) is 47.0 Å². The Bertz CT molecular complexity index is 1050. The van der Waals surface area contributed by atoms with Gasteiger partial charge in [0.15, 0.2) is 0 Å². The number of aromatic nitrogens is 1. The Kier molecular flexibility index (Phi) is 6.09. The number of halogens is 4. The second-order valence-electron chi connectivity index (χ2n) is 7.84. The highest BCUT2D eigenvalue weighted by Crippen LogP contribution is 2.40. The largest absolute Gasteiger partial charge is 0.416 e. The average molecular weight is 471 g/mol. The first-order valence-corrected chi connectivity index (χ1v) is 10.6. The lowest BCUT2D eigenvalue weighted by Gasteiger charge is -2.32. The number of nitrogens with zero attached hydrogens (tertiary/aromatic N) is 2. The van der Waals surface area contributed by atoms with Crippen LogP contribution in [0.4, 0.5) is 18.0 Å². The summed E-state index contributed by atoms with van der Waals surface area (Å²) >= 11 is 6.52. The van der Waals surface area contributed by atoms with Gasteiger partial charge in [-0.15, -0.1) is 0 Å². The summed E-state index contributed by atoms with van der Waals surface area (Å²) in [6.45, 7) is 1.84. The molecule has 172 valence electrons. The van der Waals surface area contributed by atoms with Crippen LogP contribution in [0.15, 0.2) is 24.3 Å². The molecule has 32 heavy (non-hydrogen) atoms. The molecule has 1 fully saturated rings. The Labute approximate surface area is 187 Å². The van der Waals surface area contributed by atoms with Crippen molar-refractivity contribution in [1.29, 1.82) is 0 Å². The number of carbonyl (C=O) groups excluding carboxylic acids is 2. The van der Waals surface area contributed by atoms with E-state index in [9.17, 15) is 22.8 Å². The number of rotatable bonds is 3. The van der Waals surface area contributed by atoms with Crippen LogP contribution in [0, 0.1) is 0 Å². The SMILES string of the molecule is NC(=O)c1c(-c2cccc(C(F)(F)F)c2)c(Cl)n2c1CN(C(=O)NC1CCOCC1)CC2. The molecule has 0 unspecified atom stereocenters. The normalized spacial score (nSPS) is 17.2. The van der Waals surface area contributed by atoms with E-state index in [2.05, 4.69) is 5.32 Å². The Hall–Kier alpha value is -2.72. The first-order valence-electron chi connectivity index (χ1n) is 10.2. The molecule has 3 amide bonds. The second kappa shape index (κ2) is 8.67. The lowest BCUT2D eigenvalue weighted by atomic mass is 10.00. The van der Waals surface area contributed by atoms with Crippen LogP contribution >= 0.6 is 11.6 Å². The summed E-state index contributed by atoms with van der Waals surface area (Å²) in [5.74, 6) is -0.820. The third kappa shape index (κ3) is 4.29. The molecule has 11 heteroatoms. The van der Waals surface area contributed by atoms with Crippen LogP contribution in [0.3, 0.4) is 0 Å². The zero-order valence-electron chi connectivity index (χ0n) is 17.0. The molecular weight excluding hydrogens is 449 g/mol. The summed E-state index contributed by atoms with van der Waals surface area (Å²) in [6, 6.07) is 4.31. The lowest BCUT2D eigenvalue weighted by molar-refractivity contribution is -0.137. The Balaban J connectivity index is 1.67. The van der Waals surface area contributed by atoms with Crippen LogP contribution in [0.2, 0.25) is 5.15 Å². The average Bonchev–Trinajstić information content (AvgIpc) is 3.06. The molecule has 0 saturated carbocycles. The molecule has 4 rings (SSSR count). The van der Waals surface area contributed by atoms with E-state index in [1.165, 1.54) is 12.1 Å². The molecule has 2 aliphatic heterocycles. The van der Waals surface area contributed by atoms with Crippen molar-refractivity contribution < 1.29 is 27.5 Å². The summed E-state index contributed by atoms with van der Waals surface area (Å²) in [5, 5.41) is 3.09. The molecule has 0 spiro atoms. The van der Waals surface area contributed by atoms with E-state index in [4.69, 9.17) is 22.1 Å². The van der Waals surface area contributed by atoms with Gasteiger partial charge in [0.2, 0.25) is 0 Å². The van der Waals surface area contributed by atoms with Crippen molar-refractivity contribution in [3.05, 3.63) is 46.2 Å². The number of nitrogens with two attached hydrogens (primary N) is 1. The number of primary amides is 1. The molecule has 7 nitrogen and oxygen atoms in total. The minimum Gasteiger partial charge on any atom is -0.381 e. The number of nitrogens with one attached hydrogen (secondary N) is 1. The molecule has 0 radical (unpaired) electrons. The summed E-state index contributed by atoms with van der Waals surface area (Å²) in [6.07, 6.45) is -3.12. The Morgan fingerprint density at radius 2 is 1.91 bits per heavy atom. The lowest BCUT2D eigenvalue weighted by Crippen LogP contribution is -2.49. The molecule has 0 atom stereocenters. The van der Waals surface area contributed by atoms with Gasteiger partial charge in [-0.3, -0.25) is 4.79 Å². The summed E-state index contributed by atoms with van der Waals surface area (Å²) in [7, 11) is 0. The van der Waals surface area contributed by atoms with Crippen LogP contribution in [-0.2, 0) is 24.0 Å². The van der Waals surface area contributed by atoms with Gasteiger partial charge in [0, 0.05) is 37.9 Å². The van der Waals surface area contributed by atoms with E-state index in [0.717, 1.165) is 12.1 Å². The Morgan fingerprint density at radius 3 is 2.56 bits per heavy atom. The maximum absolute atomic E-state index is 13.2. The molecule has 2 aromatic rings. The fourth-order valence-corrected chi connectivity index (χ4v) is 4.57. The van der Waals surface area contributed by atoms with Gasteiger partial charge in [-0.25, -0.2) is 4.79 Å². The highest BCUT2D eigenvalue weighted by atomic mass is 35.5. The molecule has 1 aromatic carbocycles. The van der Waals surface area contributed by atoms with Crippen LogP contribution in [0.25, 0.3) is 11.1 Å². The number of urea groups is 1. The number of benzene rings is 1. The van der Waals surface area contributed by atoms with E-state index in [0.29, 0.717) is 38.3 Å². The quantitative estimate of drug-likeness (QED) is 0.717. The summed E-state index contributed by atoms with van der Waals surface area (Å²) in [5.41, 5.74) is 5.47. The van der Waals surface area contributed by atoms with Gasteiger partial charge in [-0.05, 0) is 30.5 Å². The Morgan fingerprint density at radius 1 is 1.19 bits per heavy atom. The number of fused-ring (bicyclic) bond motifs is 1. The van der Waals surface area contributed by atoms with Gasteiger partial charge in [-0.2, -0.15) is 13.2 Å². The van der Waals surface area contributed by atoms with E-state index >= 15 is 0 Å². The number of carbonyl (C=O) groups is 2. The smallest absolute Gasteiger partial charge is 0.381 e. The van der Waals surface area contributed by atoms with Crippen molar-refractivity contribution in [2.75, 3.05) is 19.8 Å². The van der Waals surface area contributed by atoms with E-state index in [1.807, 2.05) is 0 Å². The zero-order valence-corrected chi connectivity index (χ0v) is 17.8. The standard InChI is InChI=1S/C21H22ClF3N4O3/c22-18-16(12-2-1-3-13(10-12)21(23,24)25)17(19(26)30)15-11-28(6-7-29(15)18)20(31)27-14-4-8-32-9-5-14/h1-3,10,14H,4-9,11H2,(H2,26,30)(H,27,31). The molecular formula is C21H22ClF3N4O3. The molecule has 0 bridgehead atoms. The van der Waals surface area contributed by atoms with Gasteiger partial charge in [0.1, 0.15) is 5.15 Å². The fraction of sp³-hybridized carbons (Fsp3) is 0.429. The third-order valence-corrected chi connectivity index (χ3v) is 6.20. The number of ether oxygens (including phenoxy) is 1. The first kappa shape index (κ1) is 22.5. The van der Waals surface area contributed by atoms with Gasteiger partial charge >= 0.3 is 12.2 Å². The molecule has 3 heterocycles. The van der Waals surface area contributed by atoms with Crippen molar-refractivity contribution in [3.63, 3.8) is 0 Å². The van der Waals surface area contributed by atoms with Crippen LogP contribution in [0.5, 0.6) is 0 Å². The van der Waals surface area contributed by atoms with Crippen molar-refractivity contribution >= 4 is 23.5 Å². The monoisotopic (exact) mass is 470 g/mol. The van der Waals surface area contributed by atoms with Crippen LogP contribution < -0.4 is 11.1 Å². The number of alkyl halides is 3. The summed E-state index contributed by atoms with van der Waals surface area (Å²) < 4.78 is 46.6. The molecule has 0 aliphatic carbocycles. The predicted octanol–water partition coefficient (Wildman–Crippen LogP) is 3.63. The molecule has 2 aliphatic rings. The van der Waals surface area contributed by atoms with Crippen molar-refractivity contribution in [2.24, 2.45) is 5.73 Å². The minimum atomic E-state index is -4.55. The predicted molar refractivity (Wildman–Crippen MR) is 111 cm³/mol. The van der Waals surface area contributed by atoms with Gasteiger partial charge in [-0.1, -0.05) is 23.7 Å². The van der Waals surface area contributed by atoms with Gasteiger partial charge < -0.3 is 25.3 Å². The van der Waals surface area contributed by atoms with Crippen molar-refractivity contribution in [1.82, 2.24) is 14.8 Å². The van der Waals surface area contributed by atoms with Crippen molar-refractivity contribution in [3.8, 4) is 11.1 Å². The fourth-order valence-electron chi connectivity index (χ4n) is 4.17.